The van der Waals surface area contributed by atoms with Crippen molar-refractivity contribution in [3.05, 3.63) is 28.2 Å². The molecule has 0 radical (unpaired) electrons. The Morgan fingerprint density at radius 1 is 1.37 bits per heavy atom. The van der Waals surface area contributed by atoms with E-state index in [1.54, 1.807) is 19.1 Å². The number of rotatable bonds is 4. The lowest BCUT2D eigenvalue weighted by Gasteiger charge is -2.12. The van der Waals surface area contributed by atoms with Gasteiger partial charge in [-0.15, -0.1) is 0 Å². The van der Waals surface area contributed by atoms with Gasteiger partial charge in [-0.1, -0.05) is 22.0 Å². The number of carbonyl (C=O) groups excluding carboxylic acids is 2. The summed E-state index contributed by atoms with van der Waals surface area (Å²) in [5.74, 6) is -1.43. The third-order valence-electron chi connectivity index (χ3n) is 2.58. The Balaban J connectivity index is 2.58. The number of amides is 2. The molecule has 5 nitrogen and oxygen atoms in total. The van der Waals surface area contributed by atoms with Gasteiger partial charge in [0, 0.05) is 22.8 Å². The van der Waals surface area contributed by atoms with Crippen molar-refractivity contribution in [2.24, 2.45) is 0 Å². The van der Waals surface area contributed by atoms with Gasteiger partial charge >= 0.3 is 11.8 Å². The van der Waals surface area contributed by atoms with Gasteiger partial charge in [-0.05, 0) is 38.0 Å². The number of nitrogens with one attached hydrogen (secondary N) is 2. The Labute approximate surface area is 120 Å². The summed E-state index contributed by atoms with van der Waals surface area (Å²) in [6, 6.07) is 5.06. The minimum atomic E-state index is -0.722. The van der Waals surface area contributed by atoms with Crippen molar-refractivity contribution in [1.29, 1.82) is 0 Å². The minimum Gasteiger partial charge on any atom is -0.396 e. The molecule has 104 valence electrons. The topological polar surface area (TPSA) is 78.4 Å². The third-order valence-corrected chi connectivity index (χ3v) is 3.43. The van der Waals surface area contributed by atoms with E-state index in [4.69, 9.17) is 5.11 Å². The van der Waals surface area contributed by atoms with E-state index in [1.165, 1.54) is 0 Å². The zero-order chi connectivity index (χ0) is 14.4. The maximum absolute atomic E-state index is 11.6. The van der Waals surface area contributed by atoms with Crippen molar-refractivity contribution in [3.63, 3.8) is 0 Å². The summed E-state index contributed by atoms with van der Waals surface area (Å²) < 4.78 is 0.861. The fourth-order valence-electron chi connectivity index (χ4n) is 1.41. The highest BCUT2D eigenvalue weighted by molar-refractivity contribution is 9.10. The molecule has 2 amide bonds. The lowest BCUT2D eigenvalue weighted by molar-refractivity contribution is -0.136. The summed E-state index contributed by atoms with van der Waals surface area (Å²) in [4.78, 5) is 23.2. The highest BCUT2D eigenvalue weighted by Gasteiger charge is 2.16. The van der Waals surface area contributed by atoms with Gasteiger partial charge in [0.15, 0.2) is 0 Å². The summed E-state index contributed by atoms with van der Waals surface area (Å²) in [7, 11) is 0. The number of aliphatic hydroxyl groups is 1. The largest absolute Gasteiger partial charge is 0.396 e. The van der Waals surface area contributed by atoms with E-state index in [2.05, 4.69) is 26.6 Å². The molecule has 0 saturated carbocycles. The van der Waals surface area contributed by atoms with Gasteiger partial charge in [-0.2, -0.15) is 0 Å². The predicted molar refractivity (Wildman–Crippen MR) is 76.8 cm³/mol. The number of hydrogen-bond acceptors (Lipinski definition) is 3. The van der Waals surface area contributed by atoms with Gasteiger partial charge in [-0.3, -0.25) is 9.59 Å². The molecule has 3 N–H and O–H groups in total. The molecule has 19 heavy (non-hydrogen) atoms. The average molecular weight is 329 g/mol. The summed E-state index contributed by atoms with van der Waals surface area (Å²) in [6.45, 7) is 3.62. The number of halogens is 1. The highest BCUT2D eigenvalue weighted by Crippen LogP contribution is 2.20. The van der Waals surface area contributed by atoms with Gasteiger partial charge in [0.05, 0.1) is 0 Å². The fourth-order valence-corrected chi connectivity index (χ4v) is 1.79. The van der Waals surface area contributed by atoms with Gasteiger partial charge in [0.2, 0.25) is 0 Å². The summed E-state index contributed by atoms with van der Waals surface area (Å²) >= 11 is 3.35. The summed E-state index contributed by atoms with van der Waals surface area (Å²) in [5, 5.41) is 13.7. The molecule has 0 bridgehead atoms. The van der Waals surface area contributed by atoms with E-state index in [-0.39, 0.29) is 12.6 Å². The molecule has 0 fully saturated rings. The van der Waals surface area contributed by atoms with Crippen LogP contribution in [-0.4, -0.2) is 29.6 Å². The SMILES string of the molecule is Cc1ccc(NC(=O)C(=O)N[C@H](C)CCO)cc1Br. The van der Waals surface area contributed by atoms with Crippen molar-refractivity contribution in [2.45, 2.75) is 26.3 Å². The molecular weight excluding hydrogens is 312 g/mol. The number of aryl methyl sites for hydroxylation is 1. The molecule has 1 aromatic rings. The van der Waals surface area contributed by atoms with Crippen molar-refractivity contribution in [1.82, 2.24) is 5.32 Å². The van der Waals surface area contributed by atoms with E-state index in [9.17, 15) is 9.59 Å². The number of anilines is 1. The maximum Gasteiger partial charge on any atom is 0.313 e. The lowest BCUT2D eigenvalue weighted by Crippen LogP contribution is -2.40. The Hall–Kier alpha value is -1.40. The van der Waals surface area contributed by atoms with Crippen LogP contribution in [0.4, 0.5) is 5.69 Å². The monoisotopic (exact) mass is 328 g/mol. The summed E-state index contributed by atoms with van der Waals surface area (Å²) in [6.07, 6.45) is 0.412. The van der Waals surface area contributed by atoms with Crippen molar-refractivity contribution >= 4 is 33.4 Å². The zero-order valence-corrected chi connectivity index (χ0v) is 12.5. The second-order valence-corrected chi connectivity index (χ2v) is 5.16. The van der Waals surface area contributed by atoms with E-state index < -0.39 is 11.8 Å². The summed E-state index contributed by atoms with van der Waals surface area (Å²) in [5.41, 5.74) is 1.59. The maximum atomic E-state index is 11.6. The van der Waals surface area contributed by atoms with Crippen molar-refractivity contribution in [2.75, 3.05) is 11.9 Å². The van der Waals surface area contributed by atoms with Gasteiger partial charge in [-0.25, -0.2) is 0 Å². The van der Waals surface area contributed by atoms with Gasteiger partial charge in [0.1, 0.15) is 0 Å². The van der Waals surface area contributed by atoms with Crippen molar-refractivity contribution < 1.29 is 14.7 Å². The molecule has 1 aromatic carbocycles. The third kappa shape index (κ3) is 5.00. The number of benzene rings is 1. The van der Waals surface area contributed by atoms with Gasteiger partial charge in [0.25, 0.3) is 0 Å². The fraction of sp³-hybridized carbons (Fsp3) is 0.385. The molecule has 0 aliphatic carbocycles. The zero-order valence-electron chi connectivity index (χ0n) is 10.9. The van der Waals surface area contributed by atoms with Crippen LogP contribution in [-0.2, 0) is 9.59 Å². The van der Waals surface area contributed by atoms with Crippen molar-refractivity contribution in [3.8, 4) is 0 Å². The van der Waals surface area contributed by atoms with Crippen LogP contribution >= 0.6 is 15.9 Å². The number of hydrogen-bond donors (Lipinski definition) is 3. The lowest BCUT2D eigenvalue weighted by atomic mass is 10.2. The smallest absolute Gasteiger partial charge is 0.313 e. The van der Waals surface area contributed by atoms with E-state index in [0.717, 1.165) is 10.0 Å². The first-order valence-electron chi connectivity index (χ1n) is 5.93. The Bertz CT molecular complexity index is 477. The Morgan fingerprint density at radius 2 is 2.05 bits per heavy atom. The van der Waals surface area contributed by atoms with E-state index in [0.29, 0.717) is 12.1 Å². The van der Waals surface area contributed by atoms with Crippen LogP contribution in [0.15, 0.2) is 22.7 Å². The second-order valence-electron chi connectivity index (χ2n) is 4.30. The molecule has 0 saturated heterocycles. The quantitative estimate of drug-likeness (QED) is 0.734. The van der Waals surface area contributed by atoms with E-state index >= 15 is 0 Å². The first-order valence-corrected chi connectivity index (χ1v) is 6.72. The molecule has 0 unspecified atom stereocenters. The van der Waals surface area contributed by atoms with Crippen LogP contribution in [0, 0.1) is 6.92 Å². The minimum absolute atomic E-state index is 0.0338. The molecule has 0 aliphatic heterocycles. The van der Waals surface area contributed by atoms with E-state index in [1.807, 2.05) is 13.0 Å². The van der Waals surface area contributed by atoms with Crippen LogP contribution in [0.3, 0.4) is 0 Å². The first-order chi connectivity index (χ1) is 8.93. The number of aliphatic hydroxyl groups excluding tert-OH is 1. The standard InChI is InChI=1S/C13H17BrN2O3/c1-8-3-4-10(7-11(8)14)16-13(19)12(18)15-9(2)5-6-17/h3-4,7,9,17H,5-6H2,1-2H3,(H,15,18)(H,16,19)/t9-/m1/s1. The Kier molecular flexibility index (Phi) is 5.98. The molecular formula is C13H17BrN2O3. The normalized spacial score (nSPS) is 11.8. The molecule has 0 aliphatic rings. The van der Waals surface area contributed by atoms with Crippen LogP contribution in [0.1, 0.15) is 18.9 Å². The Morgan fingerprint density at radius 3 is 2.63 bits per heavy atom. The number of carbonyl (C=O) groups is 2. The molecule has 0 heterocycles. The molecule has 6 heteroatoms. The predicted octanol–water partition coefficient (Wildman–Crippen LogP) is 1.58. The van der Waals surface area contributed by atoms with Crippen LogP contribution in [0.5, 0.6) is 0 Å². The molecule has 0 aromatic heterocycles. The highest BCUT2D eigenvalue weighted by atomic mass is 79.9. The van der Waals surface area contributed by atoms with Crippen LogP contribution < -0.4 is 10.6 Å². The van der Waals surface area contributed by atoms with Gasteiger partial charge < -0.3 is 15.7 Å². The van der Waals surface area contributed by atoms with Crippen LogP contribution in [0.25, 0.3) is 0 Å². The average Bonchev–Trinajstić information content (AvgIpc) is 2.34. The van der Waals surface area contributed by atoms with Crippen LogP contribution in [0.2, 0.25) is 0 Å². The second kappa shape index (κ2) is 7.25. The first kappa shape index (κ1) is 15.7. The molecule has 0 spiro atoms. The molecule has 1 rings (SSSR count). The molecule has 1 atom stereocenters.